The van der Waals surface area contributed by atoms with Crippen molar-refractivity contribution in [2.24, 2.45) is 0 Å². The summed E-state index contributed by atoms with van der Waals surface area (Å²) in [6, 6.07) is -1.27. The quantitative estimate of drug-likeness (QED) is 0.313. The highest BCUT2D eigenvalue weighted by molar-refractivity contribution is 7.72. The van der Waals surface area contributed by atoms with E-state index in [1.807, 2.05) is 0 Å². The summed E-state index contributed by atoms with van der Waals surface area (Å²) in [5.74, 6) is -1.38. The number of hydrogen-bond donors (Lipinski definition) is 5. The van der Waals surface area contributed by atoms with Crippen LogP contribution in [0.5, 0.6) is 0 Å². The molecule has 1 heterocycles. The van der Waals surface area contributed by atoms with Crippen molar-refractivity contribution in [3.63, 3.8) is 0 Å². The lowest BCUT2D eigenvalue weighted by molar-refractivity contribution is -0.137. The van der Waals surface area contributed by atoms with Gasteiger partial charge in [0.15, 0.2) is 0 Å². The van der Waals surface area contributed by atoms with E-state index in [1.165, 1.54) is 0 Å². The van der Waals surface area contributed by atoms with E-state index in [0.29, 0.717) is 11.8 Å². The first-order valence-corrected chi connectivity index (χ1v) is 7.26. The number of carboxylic acids is 1. The molecular formula is C5H11NO8P2. The molecule has 1 saturated heterocycles. The third-order valence-corrected chi connectivity index (χ3v) is 6.83. The molecule has 1 rings (SSSR count). The van der Waals surface area contributed by atoms with Crippen LogP contribution >= 0.6 is 15.2 Å². The topological polar surface area (TPSA) is 155 Å². The molecule has 0 saturated carbocycles. The molecule has 2 atom stereocenters. The fourth-order valence-corrected chi connectivity index (χ4v) is 3.79. The third-order valence-electron chi connectivity index (χ3n) is 2.55. The Kier molecular flexibility index (Phi) is 3.11. The Labute approximate surface area is 90.0 Å². The Bertz CT molecular complexity index is 387. The molecule has 94 valence electrons. The molecule has 0 radical (unpaired) electrons. The highest BCUT2D eigenvalue weighted by Gasteiger charge is 2.68. The van der Waals surface area contributed by atoms with Crippen LogP contribution < -0.4 is 0 Å². The summed E-state index contributed by atoms with van der Waals surface area (Å²) in [6.07, 6.45) is 0. The molecule has 0 aromatic heterocycles. The van der Waals surface area contributed by atoms with E-state index in [9.17, 15) is 13.9 Å². The van der Waals surface area contributed by atoms with Crippen LogP contribution in [0.4, 0.5) is 0 Å². The smallest absolute Gasteiger partial charge is 0.357 e. The minimum atomic E-state index is -5.18. The van der Waals surface area contributed by atoms with Crippen molar-refractivity contribution in [2.75, 3.05) is 6.54 Å². The van der Waals surface area contributed by atoms with Gasteiger partial charge in [-0.3, -0.25) is 18.8 Å². The molecule has 0 aromatic carbocycles. The zero-order valence-electron chi connectivity index (χ0n) is 8.09. The van der Waals surface area contributed by atoms with Gasteiger partial charge < -0.3 is 24.7 Å². The lowest BCUT2D eigenvalue weighted by atomic mass is 10.5. The first-order chi connectivity index (χ1) is 6.93. The fourth-order valence-electron chi connectivity index (χ4n) is 1.32. The van der Waals surface area contributed by atoms with E-state index in [1.54, 1.807) is 0 Å². The average molecular weight is 275 g/mol. The first kappa shape index (κ1) is 13.8. The Hall–Kier alpha value is -0.270. The van der Waals surface area contributed by atoms with Crippen molar-refractivity contribution in [3.8, 4) is 0 Å². The minimum Gasteiger partial charge on any atom is -0.480 e. The molecule has 2 unspecified atom stereocenters. The predicted octanol–water partition coefficient (Wildman–Crippen LogP) is -1.22. The van der Waals surface area contributed by atoms with Crippen LogP contribution in [0.15, 0.2) is 0 Å². The van der Waals surface area contributed by atoms with Crippen molar-refractivity contribution < 1.29 is 38.6 Å². The van der Waals surface area contributed by atoms with E-state index >= 15 is 0 Å². The van der Waals surface area contributed by atoms with Gasteiger partial charge in [0.05, 0.1) is 0 Å². The highest BCUT2D eigenvalue weighted by Crippen LogP contribution is 2.72. The molecule has 1 aliphatic rings. The summed E-state index contributed by atoms with van der Waals surface area (Å²) >= 11 is 0. The van der Waals surface area contributed by atoms with Gasteiger partial charge in [-0.05, 0) is 6.92 Å². The molecule has 0 amide bonds. The highest BCUT2D eigenvalue weighted by atomic mass is 31.2. The van der Waals surface area contributed by atoms with Crippen LogP contribution in [0.25, 0.3) is 0 Å². The lowest BCUT2D eigenvalue weighted by Crippen LogP contribution is -2.36. The molecule has 9 nitrogen and oxygen atoms in total. The average Bonchev–Trinajstić information content (AvgIpc) is 2.76. The number of aliphatic carboxylic acids is 1. The maximum absolute atomic E-state index is 11.1. The third kappa shape index (κ3) is 1.96. The van der Waals surface area contributed by atoms with Crippen molar-refractivity contribution in [1.29, 1.82) is 0 Å². The van der Waals surface area contributed by atoms with Crippen LogP contribution in [0.3, 0.4) is 0 Å². The molecule has 5 N–H and O–H groups in total. The molecule has 0 aliphatic carbocycles. The summed E-state index contributed by atoms with van der Waals surface area (Å²) < 4.78 is 22.2. The van der Waals surface area contributed by atoms with Crippen LogP contribution in [0.2, 0.25) is 0 Å². The Morgan fingerprint density at radius 2 is 1.62 bits per heavy atom. The van der Waals surface area contributed by atoms with Gasteiger partial charge >= 0.3 is 21.2 Å². The molecule has 0 bridgehead atoms. The van der Waals surface area contributed by atoms with Crippen molar-refractivity contribution in [2.45, 2.75) is 18.0 Å². The van der Waals surface area contributed by atoms with Crippen molar-refractivity contribution in [3.05, 3.63) is 0 Å². The van der Waals surface area contributed by atoms with Crippen LogP contribution in [0.1, 0.15) is 6.92 Å². The zero-order chi connectivity index (χ0) is 12.9. The summed E-state index contributed by atoms with van der Waals surface area (Å²) in [7, 11) is -10.4. The summed E-state index contributed by atoms with van der Waals surface area (Å²) in [6.45, 7) is 0.361. The van der Waals surface area contributed by atoms with E-state index in [2.05, 4.69) is 0 Å². The molecule has 1 aliphatic heterocycles. The van der Waals surface area contributed by atoms with Gasteiger partial charge in [0.1, 0.15) is 6.04 Å². The minimum absolute atomic E-state index is 0.304. The molecule has 0 aromatic rings. The van der Waals surface area contributed by atoms with Gasteiger partial charge in [-0.15, -0.1) is 0 Å². The maximum atomic E-state index is 11.1. The standard InChI is InChI=1S/C5H11NO8P2/c1-5(15(9,10)11,16(12,13)14)6-2-3(6)4(7)8/h3H,2H2,1H3,(H,7,8)(H2,9,10,11)(H2,12,13,14). The first-order valence-electron chi connectivity index (χ1n) is 4.04. The van der Waals surface area contributed by atoms with Gasteiger partial charge in [0, 0.05) is 6.54 Å². The van der Waals surface area contributed by atoms with Crippen molar-refractivity contribution >= 4 is 21.2 Å². The van der Waals surface area contributed by atoms with E-state index in [-0.39, 0.29) is 6.54 Å². The number of nitrogens with zero attached hydrogens (tertiary/aromatic N) is 1. The van der Waals surface area contributed by atoms with E-state index in [4.69, 9.17) is 24.7 Å². The van der Waals surface area contributed by atoms with E-state index < -0.39 is 32.2 Å². The zero-order valence-corrected chi connectivity index (χ0v) is 9.88. The van der Waals surface area contributed by atoms with Gasteiger partial charge in [0.2, 0.25) is 5.02 Å². The lowest BCUT2D eigenvalue weighted by Gasteiger charge is -2.32. The molecule has 16 heavy (non-hydrogen) atoms. The van der Waals surface area contributed by atoms with Gasteiger partial charge in [0.25, 0.3) is 0 Å². The summed E-state index contributed by atoms with van der Waals surface area (Å²) in [5.41, 5.74) is 0. The van der Waals surface area contributed by atoms with Crippen LogP contribution in [-0.2, 0) is 13.9 Å². The number of rotatable bonds is 4. The number of hydrogen-bond acceptors (Lipinski definition) is 4. The second-order valence-electron chi connectivity index (χ2n) is 3.57. The molecule has 11 heteroatoms. The monoisotopic (exact) mass is 275 g/mol. The van der Waals surface area contributed by atoms with Gasteiger partial charge in [-0.1, -0.05) is 0 Å². The number of carbonyl (C=O) groups is 1. The molecule has 1 fully saturated rings. The van der Waals surface area contributed by atoms with Crippen molar-refractivity contribution in [1.82, 2.24) is 4.90 Å². The van der Waals surface area contributed by atoms with E-state index in [0.717, 1.165) is 0 Å². The second kappa shape index (κ2) is 3.61. The maximum Gasteiger partial charge on any atom is 0.357 e. The SMILES string of the molecule is CC(N1CC1C(=O)O)(P(=O)(O)O)P(=O)(O)O. The molecule has 0 spiro atoms. The van der Waals surface area contributed by atoms with Gasteiger partial charge in [-0.25, -0.2) is 0 Å². The number of carboxylic acid groups (broad SMARTS) is 1. The second-order valence-corrected chi connectivity index (χ2v) is 7.84. The van der Waals surface area contributed by atoms with Crippen LogP contribution in [0, 0.1) is 0 Å². The predicted molar refractivity (Wildman–Crippen MR) is 50.6 cm³/mol. The summed E-state index contributed by atoms with van der Waals surface area (Å²) in [4.78, 5) is 47.0. The molecular weight excluding hydrogens is 264 g/mol. The Morgan fingerprint density at radius 1 is 1.25 bits per heavy atom. The largest absolute Gasteiger partial charge is 0.480 e. The van der Waals surface area contributed by atoms with Crippen LogP contribution in [-0.4, -0.2) is 53.2 Å². The Morgan fingerprint density at radius 3 is 1.81 bits per heavy atom. The normalized spacial score (nSPS) is 26.6. The van der Waals surface area contributed by atoms with Gasteiger partial charge in [-0.2, -0.15) is 0 Å². The summed E-state index contributed by atoms with van der Waals surface area (Å²) in [5, 5.41) is 5.80. The fraction of sp³-hybridized carbons (Fsp3) is 0.800. The Balaban J connectivity index is 3.16.